The van der Waals surface area contributed by atoms with Crippen LogP contribution >= 0.6 is 0 Å². The molecule has 0 heterocycles. The number of sulfonamides is 1. The molecular weight excluding hydrogens is 514 g/mol. The van der Waals surface area contributed by atoms with E-state index in [9.17, 15) is 18.0 Å². The summed E-state index contributed by atoms with van der Waals surface area (Å²) in [7, 11) is -2.62. The van der Waals surface area contributed by atoms with E-state index >= 15 is 0 Å². The molecule has 39 heavy (non-hydrogen) atoms. The third-order valence-corrected chi connectivity index (χ3v) is 8.17. The van der Waals surface area contributed by atoms with Crippen molar-refractivity contribution < 1.29 is 22.7 Å². The molecule has 0 fully saturated rings. The van der Waals surface area contributed by atoms with Crippen LogP contribution in [-0.2, 0) is 26.2 Å². The number of unbranched alkanes of at least 4 members (excludes halogenated alkanes) is 1. The molecule has 2 amide bonds. The maximum Gasteiger partial charge on any atom is 0.264 e. The van der Waals surface area contributed by atoms with Gasteiger partial charge in [-0.05, 0) is 54.8 Å². The van der Waals surface area contributed by atoms with Gasteiger partial charge in [-0.15, -0.1) is 0 Å². The Kier molecular flexibility index (Phi) is 10.9. The smallest absolute Gasteiger partial charge is 0.264 e. The first-order chi connectivity index (χ1) is 18.8. The quantitative estimate of drug-likeness (QED) is 0.295. The molecule has 1 N–H and O–H groups in total. The minimum atomic E-state index is -4.12. The first-order valence-corrected chi connectivity index (χ1v) is 14.6. The molecule has 1 unspecified atom stereocenters. The number of rotatable bonds is 14. The second-order valence-corrected chi connectivity index (χ2v) is 11.0. The summed E-state index contributed by atoms with van der Waals surface area (Å²) < 4.78 is 33.9. The lowest BCUT2D eigenvalue weighted by Crippen LogP contribution is -2.52. The summed E-state index contributed by atoms with van der Waals surface area (Å²) in [6, 6.07) is 23.1. The summed E-state index contributed by atoms with van der Waals surface area (Å²) in [6.07, 6.45) is 2.14. The van der Waals surface area contributed by atoms with Gasteiger partial charge in [-0.3, -0.25) is 13.9 Å². The fourth-order valence-corrected chi connectivity index (χ4v) is 5.62. The van der Waals surface area contributed by atoms with Crippen molar-refractivity contribution in [1.29, 1.82) is 0 Å². The molecule has 0 spiro atoms. The molecule has 3 aromatic rings. The van der Waals surface area contributed by atoms with Crippen LogP contribution in [0.2, 0.25) is 0 Å². The number of anilines is 1. The molecule has 8 nitrogen and oxygen atoms in total. The number of para-hydroxylation sites is 1. The van der Waals surface area contributed by atoms with Gasteiger partial charge in [-0.25, -0.2) is 8.42 Å². The third kappa shape index (κ3) is 7.83. The van der Waals surface area contributed by atoms with Crippen molar-refractivity contribution in [3.8, 4) is 5.75 Å². The fourth-order valence-electron chi connectivity index (χ4n) is 4.20. The largest absolute Gasteiger partial charge is 0.497 e. The summed E-state index contributed by atoms with van der Waals surface area (Å²) in [5.41, 5.74) is 1.19. The molecule has 0 aliphatic heterocycles. The van der Waals surface area contributed by atoms with Crippen molar-refractivity contribution in [2.24, 2.45) is 0 Å². The van der Waals surface area contributed by atoms with E-state index in [4.69, 9.17) is 4.74 Å². The minimum absolute atomic E-state index is 0.0268. The van der Waals surface area contributed by atoms with Crippen LogP contribution in [0.3, 0.4) is 0 Å². The molecular formula is C30H37N3O5S. The average Bonchev–Trinajstić information content (AvgIpc) is 2.96. The van der Waals surface area contributed by atoms with Crippen molar-refractivity contribution >= 4 is 27.5 Å². The Hall–Kier alpha value is -3.85. The van der Waals surface area contributed by atoms with Gasteiger partial charge in [0.1, 0.15) is 18.3 Å². The van der Waals surface area contributed by atoms with E-state index < -0.39 is 28.5 Å². The zero-order valence-corrected chi connectivity index (χ0v) is 23.6. The highest BCUT2D eigenvalue weighted by molar-refractivity contribution is 7.92. The lowest BCUT2D eigenvalue weighted by atomic mass is 10.1. The molecule has 0 aromatic heterocycles. The van der Waals surface area contributed by atoms with E-state index in [0.29, 0.717) is 24.4 Å². The van der Waals surface area contributed by atoms with Gasteiger partial charge in [0.15, 0.2) is 0 Å². The highest BCUT2D eigenvalue weighted by atomic mass is 32.2. The van der Waals surface area contributed by atoms with Crippen LogP contribution in [0, 0.1) is 0 Å². The summed E-state index contributed by atoms with van der Waals surface area (Å²) in [4.78, 5) is 28.6. The van der Waals surface area contributed by atoms with Crippen LogP contribution in [-0.4, -0.2) is 51.4 Å². The Bertz CT molecular complexity index is 1300. The molecule has 1 atom stereocenters. The van der Waals surface area contributed by atoms with Crippen LogP contribution in [0.4, 0.5) is 5.69 Å². The first-order valence-electron chi connectivity index (χ1n) is 13.1. The maximum absolute atomic E-state index is 14.0. The topological polar surface area (TPSA) is 96.0 Å². The predicted octanol–water partition coefficient (Wildman–Crippen LogP) is 4.61. The molecule has 0 bridgehead atoms. The normalized spacial score (nSPS) is 11.9. The van der Waals surface area contributed by atoms with Gasteiger partial charge in [0.05, 0.1) is 17.7 Å². The average molecular weight is 552 g/mol. The second kappa shape index (κ2) is 14.3. The monoisotopic (exact) mass is 551 g/mol. The second-order valence-electron chi connectivity index (χ2n) is 9.10. The zero-order valence-electron chi connectivity index (χ0n) is 22.7. The van der Waals surface area contributed by atoms with Gasteiger partial charge < -0.3 is 15.0 Å². The van der Waals surface area contributed by atoms with Gasteiger partial charge in [-0.1, -0.05) is 68.8 Å². The summed E-state index contributed by atoms with van der Waals surface area (Å²) in [5.74, 6) is -0.206. The van der Waals surface area contributed by atoms with Gasteiger partial charge in [0.2, 0.25) is 11.8 Å². The first kappa shape index (κ1) is 29.7. The van der Waals surface area contributed by atoms with E-state index in [1.807, 2.05) is 44.2 Å². The Morgan fingerprint density at radius 2 is 1.51 bits per heavy atom. The number of carbonyl (C=O) groups is 2. The van der Waals surface area contributed by atoms with Crippen molar-refractivity contribution in [1.82, 2.24) is 10.2 Å². The predicted molar refractivity (Wildman–Crippen MR) is 153 cm³/mol. The number of benzene rings is 3. The SMILES string of the molecule is CCCCNC(=O)C(CC)N(Cc1ccccc1)C(=O)CN(c1ccccc1)S(=O)(=O)c1ccc(OC)cc1. The van der Waals surface area contributed by atoms with Crippen LogP contribution in [0.1, 0.15) is 38.7 Å². The summed E-state index contributed by atoms with van der Waals surface area (Å²) >= 11 is 0. The van der Waals surface area contributed by atoms with Crippen LogP contribution in [0.5, 0.6) is 5.75 Å². The summed E-state index contributed by atoms with van der Waals surface area (Å²) in [6.45, 7) is 4.10. The number of nitrogens with zero attached hydrogens (tertiary/aromatic N) is 2. The molecule has 208 valence electrons. The van der Waals surface area contributed by atoms with Crippen molar-refractivity contribution in [2.45, 2.75) is 50.6 Å². The molecule has 0 aliphatic rings. The maximum atomic E-state index is 14.0. The lowest BCUT2D eigenvalue weighted by Gasteiger charge is -2.33. The number of hydrogen-bond acceptors (Lipinski definition) is 5. The molecule has 3 aromatic carbocycles. The van der Waals surface area contributed by atoms with Gasteiger partial charge in [0, 0.05) is 13.1 Å². The highest BCUT2D eigenvalue weighted by Gasteiger charge is 2.33. The zero-order chi connectivity index (χ0) is 28.3. The molecule has 3 rings (SSSR count). The van der Waals surface area contributed by atoms with Crippen LogP contribution < -0.4 is 14.4 Å². The highest BCUT2D eigenvalue weighted by Crippen LogP contribution is 2.26. The third-order valence-electron chi connectivity index (χ3n) is 6.38. The van der Waals surface area contributed by atoms with Crippen LogP contribution in [0.25, 0.3) is 0 Å². The van der Waals surface area contributed by atoms with Crippen LogP contribution in [0.15, 0.2) is 89.8 Å². The standard InChI is InChI=1S/C30H37N3O5S/c1-4-6-21-31-30(35)28(5-2)32(22-24-13-9-7-10-14-24)29(34)23-33(25-15-11-8-12-16-25)39(36,37)27-19-17-26(38-3)18-20-27/h7-20,28H,4-6,21-23H2,1-3H3,(H,31,35). The van der Waals surface area contributed by atoms with E-state index in [1.54, 1.807) is 42.5 Å². The van der Waals surface area contributed by atoms with Crippen molar-refractivity contribution in [3.63, 3.8) is 0 Å². The Balaban J connectivity index is 1.99. The van der Waals surface area contributed by atoms with E-state index in [1.165, 1.54) is 24.1 Å². The van der Waals surface area contributed by atoms with Crippen molar-refractivity contribution in [2.75, 3.05) is 24.5 Å². The van der Waals surface area contributed by atoms with E-state index in [-0.39, 0.29) is 17.3 Å². The molecule has 9 heteroatoms. The Labute approximate surface area is 231 Å². The van der Waals surface area contributed by atoms with Gasteiger partial charge in [0.25, 0.3) is 10.0 Å². The number of methoxy groups -OCH3 is 1. The Morgan fingerprint density at radius 1 is 0.897 bits per heavy atom. The van der Waals surface area contributed by atoms with E-state index in [0.717, 1.165) is 22.7 Å². The van der Waals surface area contributed by atoms with Crippen molar-refractivity contribution in [3.05, 3.63) is 90.5 Å². The van der Waals surface area contributed by atoms with Gasteiger partial charge >= 0.3 is 0 Å². The minimum Gasteiger partial charge on any atom is -0.497 e. The molecule has 0 aliphatic carbocycles. The van der Waals surface area contributed by atoms with Gasteiger partial charge in [-0.2, -0.15) is 0 Å². The molecule has 0 saturated carbocycles. The number of hydrogen-bond donors (Lipinski definition) is 1. The number of nitrogens with one attached hydrogen (secondary N) is 1. The molecule has 0 radical (unpaired) electrons. The number of amides is 2. The molecule has 0 saturated heterocycles. The van der Waals surface area contributed by atoms with E-state index in [2.05, 4.69) is 5.32 Å². The Morgan fingerprint density at radius 3 is 2.08 bits per heavy atom. The fraction of sp³-hybridized carbons (Fsp3) is 0.333. The number of carbonyl (C=O) groups excluding carboxylic acids is 2. The number of ether oxygens (including phenoxy) is 1. The summed E-state index contributed by atoms with van der Waals surface area (Å²) in [5, 5.41) is 2.93. The lowest BCUT2D eigenvalue weighted by molar-refractivity contribution is -0.140.